The molecule has 2 aromatic rings. The second-order valence-electron chi connectivity index (χ2n) is 5.10. The molecule has 1 unspecified atom stereocenters. The van der Waals surface area contributed by atoms with Gasteiger partial charge in [0.25, 0.3) is 5.91 Å². The molecule has 1 atom stereocenters. The minimum atomic E-state index is -0.406. The van der Waals surface area contributed by atoms with Crippen LogP contribution in [-0.2, 0) is 6.42 Å². The van der Waals surface area contributed by atoms with Crippen LogP contribution >= 0.6 is 0 Å². The first-order valence-corrected chi connectivity index (χ1v) is 6.72. The third-order valence-electron chi connectivity index (χ3n) is 3.59. The van der Waals surface area contributed by atoms with Crippen LogP contribution in [0.5, 0.6) is 5.75 Å². The molecule has 3 rings (SSSR count). The highest BCUT2D eigenvalue weighted by atomic mass is 16.3. The highest BCUT2D eigenvalue weighted by Crippen LogP contribution is 2.29. The van der Waals surface area contributed by atoms with E-state index < -0.39 is 5.91 Å². The van der Waals surface area contributed by atoms with Crippen LogP contribution in [0.15, 0.2) is 30.3 Å². The second kappa shape index (κ2) is 5.05. The number of carbonyl (C=O) groups is 2. The molecule has 0 radical (unpaired) electrons. The lowest BCUT2D eigenvalue weighted by atomic mass is 10.0. The number of Topliss-reactive ketones (excluding diaryl/α,β-unsaturated/α-hetero) is 1. The number of fused-ring (bicyclic) bond motifs is 1. The van der Waals surface area contributed by atoms with E-state index in [2.05, 4.69) is 10.4 Å². The molecule has 1 aromatic carbocycles. The maximum Gasteiger partial charge on any atom is 0.273 e. The smallest absolute Gasteiger partial charge is 0.273 e. The number of nitrogens with zero attached hydrogens (tertiary/aromatic N) is 2. The van der Waals surface area contributed by atoms with Crippen molar-refractivity contribution >= 4 is 11.7 Å². The number of hydrogen-bond donors (Lipinski definition) is 2. The van der Waals surface area contributed by atoms with Crippen molar-refractivity contribution in [2.45, 2.75) is 19.4 Å². The van der Waals surface area contributed by atoms with Crippen molar-refractivity contribution in [1.82, 2.24) is 15.1 Å². The fraction of sp³-hybridized carbons (Fsp3) is 0.267. The van der Waals surface area contributed by atoms with E-state index in [1.807, 2.05) is 30.3 Å². The van der Waals surface area contributed by atoms with E-state index in [1.165, 1.54) is 11.6 Å². The van der Waals surface area contributed by atoms with E-state index in [1.54, 1.807) is 0 Å². The van der Waals surface area contributed by atoms with Crippen molar-refractivity contribution in [2.24, 2.45) is 0 Å². The second-order valence-corrected chi connectivity index (χ2v) is 5.10. The summed E-state index contributed by atoms with van der Waals surface area (Å²) in [4.78, 5) is 23.4. The van der Waals surface area contributed by atoms with E-state index in [9.17, 15) is 14.7 Å². The molecule has 0 aliphatic carbocycles. The fourth-order valence-corrected chi connectivity index (χ4v) is 2.56. The lowest BCUT2D eigenvalue weighted by molar-refractivity contribution is 0.0904. The molecule has 1 aliphatic heterocycles. The van der Waals surface area contributed by atoms with Crippen molar-refractivity contribution in [3.63, 3.8) is 0 Å². The zero-order chi connectivity index (χ0) is 15.0. The van der Waals surface area contributed by atoms with Crippen LogP contribution in [0.2, 0.25) is 0 Å². The molecule has 21 heavy (non-hydrogen) atoms. The molecule has 2 heterocycles. The Balaban J connectivity index is 2.00. The Kier molecular flexibility index (Phi) is 3.21. The van der Waals surface area contributed by atoms with Crippen molar-refractivity contribution in [3.8, 4) is 5.75 Å². The van der Waals surface area contributed by atoms with Gasteiger partial charge in [-0.3, -0.25) is 14.3 Å². The Morgan fingerprint density at radius 2 is 2.14 bits per heavy atom. The summed E-state index contributed by atoms with van der Waals surface area (Å²) in [6, 6.07) is 9.68. The first-order chi connectivity index (χ1) is 10.1. The normalized spacial score (nSPS) is 17.2. The van der Waals surface area contributed by atoms with Gasteiger partial charge in [0.05, 0.1) is 6.04 Å². The summed E-state index contributed by atoms with van der Waals surface area (Å²) in [5.41, 5.74) is 1.11. The average molecular weight is 285 g/mol. The summed E-state index contributed by atoms with van der Waals surface area (Å²) in [5, 5.41) is 16.9. The maximum absolute atomic E-state index is 11.9. The van der Waals surface area contributed by atoms with E-state index in [-0.39, 0.29) is 29.0 Å². The Hall–Kier alpha value is -2.63. The van der Waals surface area contributed by atoms with Crippen molar-refractivity contribution in [2.75, 3.05) is 6.54 Å². The summed E-state index contributed by atoms with van der Waals surface area (Å²) in [6.45, 7) is 1.73. The predicted molar refractivity (Wildman–Crippen MR) is 75.4 cm³/mol. The van der Waals surface area contributed by atoms with Crippen LogP contribution in [0.3, 0.4) is 0 Å². The standard InChI is InChI=1S/C15H15N3O3/c1-9(19)12-14(20)13-15(21)16-8-11(18(13)17-12)7-10-5-3-2-4-6-10/h2-6,11,20H,7-8H2,1H3,(H,16,21). The molecule has 1 amide bonds. The van der Waals surface area contributed by atoms with Gasteiger partial charge in [-0.2, -0.15) is 5.10 Å². The Bertz CT molecular complexity index is 706. The molecule has 6 nitrogen and oxygen atoms in total. The highest BCUT2D eigenvalue weighted by molar-refractivity contribution is 6.02. The molecule has 2 N–H and O–H groups in total. The maximum atomic E-state index is 11.9. The number of carbonyl (C=O) groups excluding carboxylic acids is 2. The Morgan fingerprint density at radius 1 is 1.43 bits per heavy atom. The van der Waals surface area contributed by atoms with Gasteiger partial charge in [-0.1, -0.05) is 30.3 Å². The summed E-state index contributed by atoms with van der Waals surface area (Å²) in [6.07, 6.45) is 0.659. The number of aromatic nitrogens is 2. The van der Waals surface area contributed by atoms with Gasteiger partial charge >= 0.3 is 0 Å². The van der Waals surface area contributed by atoms with Crippen LogP contribution in [0.4, 0.5) is 0 Å². The minimum Gasteiger partial charge on any atom is -0.504 e. The molecular weight excluding hydrogens is 270 g/mol. The number of hydrogen-bond acceptors (Lipinski definition) is 4. The van der Waals surface area contributed by atoms with Gasteiger partial charge in [0.1, 0.15) is 0 Å². The van der Waals surface area contributed by atoms with E-state index >= 15 is 0 Å². The van der Waals surface area contributed by atoms with Gasteiger partial charge in [-0.25, -0.2) is 0 Å². The molecule has 0 saturated carbocycles. The topological polar surface area (TPSA) is 84.2 Å². The van der Waals surface area contributed by atoms with Gasteiger partial charge in [0.15, 0.2) is 22.9 Å². The van der Waals surface area contributed by atoms with E-state index in [4.69, 9.17) is 0 Å². The zero-order valence-electron chi connectivity index (χ0n) is 11.5. The summed E-state index contributed by atoms with van der Waals surface area (Å²) < 4.78 is 1.47. The third kappa shape index (κ3) is 2.29. The van der Waals surface area contributed by atoms with E-state index in [0.29, 0.717) is 13.0 Å². The number of aromatic hydroxyl groups is 1. The van der Waals surface area contributed by atoms with Crippen molar-refractivity contribution in [3.05, 3.63) is 47.3 Å². The van der Waals surface area contributed by atoms with Crippen LogP contribution < -0.4 is 5.32 Å². The number of nitrogens with one attached hydrogen (secondary N) is 1. The van der Waals surface area contributed by atoms with Gasteiger partial charge in [0, 0.05) is 13.5 Å². The quantitative estimate of drug-likeness (QED) is 0.833. The summed E-state index contributed by atoms with van der Waals surface area (Å²) >= 11 is 0. The zero-order valence-corrected chi connectivity index (χ0v) is 11.5. The number of benzene rings is 1. The minimum absolute atomic E-state index is 0.0555. The fourth-order valence-electron chi connectivity index (χ4n) is 2.56. The lowest BCUT2D eigenvalue weighted by Crippen LogP contribution is -2.40. The van der Waals surface area contributed by atoms with Crippen LogP contribution in [-0.4, -0.2) is 33.1 Å². The van der Waals surface area contributed by atoms with E-state index in [0.717, 1.165) is 5.56 Å². The molecule has 0 bridgehead atoms. The first kappa shape index (κ1) is 13.4. The molecule has 6 heteroatoms. The molecular formula is C15H15N3O3. The SMILES string of the molecule is CC(=O)c1nn2c(c1O)C(=O)NCC2Cc1ccccc1. The van der Waals surface area contributed by atoms with Crippen molar-refractivity contribution in [1.29, 1.82) is 0 Å². The van der Waals surface area contributed by atoms with Gasteiger partial charge < -0.3 is 10.4 Å². The predicted octanol–water partition coefficient (Wildman–Crippen LogP) is 1.32. The van der Waals surface area contributed by atoms with Crippen molar-refractivity contribution < 1.29 is 14.7 Å². The molecule has 1 aliphatic rings. The van der Waals surface area contributed by atoms with Crippen LogP contribution in [0.1, 0.15) is 39.5 Å². The van der Waals surface area contributed by atoms with Crippen LogP contribution in [0, 0.1) is 0 Å². The molecule has 0 saturated heterocycles. The van der Waals surface area contributed by atoms with Gasteiger partial charge in [-0.05, 0) is 12.0 Å². The monoisotopic (exact) mass is 285 g/mol. The lowest BCUT2D eigenvalue weighted by Gasteiger charge is -2.24. The third-order valence-corrected chi connectivity index (χ3v) is 3.59. The molecule has 108 valence electrons. The molecule has 0 spiro atoms. The molecule has 0 fully saturated rings. The Labute approximate surface area is 121 Å². The summed E-state index contributed by atoms with van der Waals surface area (Å²) in [5.74, 6) is -1.10. The number of amides is 1. The molecule has 1 aromatic heterocycles. The largest absolute Gasteiger partial charge is 0.504 e. The average Bonchev–Trinajstić information content (AvgIpc) is 2.82. The number of ketones is 1. The van der Waals surface area contributed by atoms with Crippen LogP contribution in [0.25, 0.3) is 0 Å². The summed E-state index contributed by atoms with van der Waals surface area (Å²) in [7, 11) is 0. The number of rotatable bonds is 3. The van der Waals surface area contributed by atoms with Gasteiger partial charge in [0.2, 0.25) is 0 Å². The highest BCUT2D eigenvalue weighted by Gasteiger charge is 2.32. The van der Waals surface area contributed by atoms with Gasteiger partial charge in [-0.15, -0.1) is 0 Å². The first-order valence-electron chi connectivity index (χ1n) is 6.72. The Morgan fingerprint density at radius 3 is 2.81 bits per heavy atom.